The molecule has 0 fully saturated rings. The Morgan fingerprint density at radius 1 is 1.37 bits per heavy atom. The highest BCUT2D eigenvalue weighted by molar-refractivity contribution is 7.13. The molecule has 0 N–H and O–H groups in total. The molecule has 0 aliphatic heterocycles. The smallest absolute Gasteiger partial charge is 0.270 e. The molecule has 0 saturated carbocycles. The van der Waals surface area contributed by atoms with Crippen molar-refractivity contribution in [2.45, 2.75) is 13.8 Å². The third-order valence-electron chi connectivity index (χ3n) is 2.79. The van der Waals surface area contributed by atoms with Gasteiger partial charge in [0.2, 0.25) is 0 Å². The van der Waals surface area contributed by atoms with Crippen LogP contribution in [-0.2, 0) is 0 Å². The lowest BCUT2D eigenvalue weighted by molar-refractivity contribution is 0.0996. The second-order valence-electron chi connectivity index (χ2n) is 4.14. The Hall–Kier alpha value is -2.19. The highest BCUT2D eigenvalue weighted by Crippen LogP contribution is 2.24. The molecule has 0 saturated heterocycles. The van der Waals surface area contributed by atoms with E-state index in [4.69, 9.17) is 5.26 Å². The third-order valence-corrected chi connectivity index (χ3v) is 3.85. The van der Waals surface area contributed by atoms with Crippen LogP contribution in [0.3, 0.4) is 0 Å². The van der Waals surface area contributed by atoms with E-state index in [0.29, 0.717) is 16.1 Å². The number of carbonyl (C=O) groups is 1. The first-order valence-corrected chi connectivity index (χ1v) is 6.57. The molecule has 1 aromatic heterocycles. The van der Waals surface area contributed by atoms with E-state index in [1.807, 2.05) is 19.9 Å². The van der Waals surface area contributed by atoms with Crippen molar-refractivity contribution in [3.8, 4) is 6.07 Å². The number of rotatable bonds is 2. The number of nitriles is 1. The molecule has 0 spiro atoms. The van der Waals surface area contributed by atoms with Crippen molar-refractivity contribution in [2.75, 3.05) is 11.9 Å². The lowest BCUT2D eigenvalue weighted by Crippen LogP contribution is -2.26. The molecule has 0 radical (unpaired) electrons. The summed E-state index contributed by atoms with van der Waals surface area (Å²) in [5.41, 5.74) is 1.83. The summed E-state index contributed by atoms with van der Waals surface area (Å²) in [5, 5.41) is 9.94. The maximum atomic E-state index is 12.4. The number of para-hydroxylation sites is 1. The predicted octanol–water partition coefficient (Wildman–Crippen LogP) is 2.91. The maximum Gasteiger partial charge on any atom is 0.270 e. The van der Waals surface area contributed by atoms with Crippen LogP contribution in [0.2, 0.25) is 0 Å². The van der Waals surface area contributed by atoms with Gasteiger partial charge in [0, 0.05) is 7.05 Å². The van der Waals surface area contributed by atoms with E-state index >= 15 is 0 Å². The number of carbonyl (C=O) groups excluding carboxylic acids is 1. The first kappa shape index (κ1) is 13.2. The third kappa shape index (κ3) is 2.49. The van der Waals surface area contributed by atoms with E-state index in [9.17, 15) is 4.79 Å². The number of hydrogen-bond donors (Lipinski definition) is 0. The molecule has 0 bridgehead atoms. The van der Waals surface area contributed by atoms with Crippen LogP contribution in [0.5, 0.6) is 0 Å². The van der Waals surface area contributed by atoms with Gasteiger partial charge in [-0.1, -0.05) is 12.1 Å². The van der Waals surface area contributed by atoms with Gasteiger partial charge < -0.3 is 4.90 Å². The van der Waals surface area contributed by atoms with Crippen LogP contribution < -0.4 is 4.90 Å². The molecular formula is C14H13N3OS. The Kier molecular flexibility index (Phi) is 3.63. The van der Waals surface area contributed by atoms with Gasteiger partial charge in [-0.2, -0.15) is 5.26 Å². The van der Waals surface area contributed by atoms with Gasteiger partial charge in [-0.15, -0.1) is 11.3 Å². The molecule has 1 amide bonds. The second kappa shape index (κ2) is 5.21. The molecule has 0 atom stereocenters. The molecule has 0 aliphatic carbocycles. The molecule has 0 unspecified atom stereocenters. The van der Waals surface area contributed by atoms with Crippen LogP contribution in [0, 0.1) is 25.2 Å². The van der Waals surface area contributed by atoms with E-state index in [1.165, 1.54) is 16.2 Å². The van der Waals surface area contributed by atoms with E-state index in [1.54, 1.807) is 25.2 Å². The number of aromatic nitrogens is 1. The minimum Gasteiger partial charge on any atom is -0.309 e. The zero-order chi connectivity index (χ0) is 14.0. The lowest BCUT2D eigenvalue weighted by Gasteiger charge is -2.17. The van der Waals surface area contributed by atoms with E-state index in [0.717, 1.165) is 10.7 Å². The van der Waals surface area contributed by atoms with Gasteiger partial charge >= 0.3 is 0 Å². The van der Waals surface area contributed by atoms with E-state index < -0.39 is 0 Å². The van der Waals surface area contributed by atoms with Crippen molar-refractivity contribution in [2.24, 2.45) is 0 Å². The molecule has 5 heteroatoms. The normalized spacial score (nSPS) is 10.0. The van der Waals surface area contributed by atoms with Crippen LogP contribution in [0.25, 0.3) is 0 Å². The average Bonchev–Trinajstić information content (AvgIpc) is 2.76. The van der Waals surface area contributed by atoms with Crippen molar-refractivity contribution in [1.82, 2.24) is 4.98 Å². The van der Waals surface area contributed by atoms with Crippen molar-refractivity contribution in [3.63, 3.8) is 0 Å². The topological polar surface area (TPSA) is 57.0 Å². The van der Waals surface area contributed by atoms with Crippen molar-refractivity contribution >= 4 is 22.9 Å². The SMILES string of the molecule is Cc1nc(C)c(C(=O)N(C)c2ccccc2C#N)s1. The number of anilines is 1. The Balaban J connectivity index is 2.40. The zero-order valence-electron chi connectivity index (χ0n) is 11.0. The van der Waals surface area contributed by atoms with Crippen LogP contribution in [-0.4, -0.2) is 17.9 Å². The molecule has 4 nitrogen and oxygen atoms in total. The lowest BCUT2D eigenvalue weighted by atomic mass is 10.1. The van der Waals surface area contributed by atoms with Gasteiger partial charge in [0.15, 0.2) is 0 Å². The Labute approximate surface area is 115 Å². The molecule has 1 aromatic carbocycles. The maximum absolute atomic E-state index is 12.4. The van der Waals surface area contributed by atoms with Crippen molar-refractivity contribution in [3.05, 3.63) is 45.4 Å². The van der Waals surface area contributed by atoms with Gasteiger partial charge in [-0.25, -0.2) is 4.98 Å². The Bertz CT molecular complexity index is 670. The number of aryl methyl sites for hydroxylation is 2. The summed E-state index contributed by atoms with van der Waals surface area (Å²) >= 11 is 1.37. The number of thiazole rings is 1. The molecule has 1 heterocycles. The summed E-state index contributed by atoms with van der Waals surface area (Å²) in [6.45, 7) is 3.69. The molecule has 0 aliphatic rings. The highest BCUT2D eigenvalue weighted by atomic mass is 32.1. The second-order valence-corrected chi connectivity index (χ2v) is 5.34. The molecular weight excluding hydrogens is 258 g/mol. The average molecular weight is 271 g/mol. The molecule has 2 aromatic rings. The van der Waals surface area contributed by atoms with Gasteiger partial charge in [0.25, 0.3) is 5.91 Å². The van der Waals surface area contributed by atoms with Crippen LogP contribution in [0.1, 0.15) is 25.9 Å². The summed E-state index contributed by atoms with van der Waals surface area (Å²) in [5.74, 6) is -0.134. The zero-order valence-corrected chi connectivity index (χ0v) is 11.8. The molecule has 2 rings (SSSR count). The standard InChI is InChI=1S/C14H13N3OS/c1-9-13(19-10(2)16-9)14(18)17(3)12-7-5-4-6-11(12)8-15/h4-7H,1-3H3. The van der Waals surface area contributed by atoms with Crippen molar-refractivity contribution in [1.29, 1.82) is 5.26 Å². The first-order valence-electron chi connectivity index (χ1n) is 5.75. The van der Waals surface area contributed by atoms with E-state index in [-0.39, 0.29) is 5.91 Å². The van der Waals surface area contributed by atoms with Crippen LogP contribution in [0.15, 0.2) is 24.3 Å². The summed E-state index contributed by atoms with van der Waals surface area (Å²) < 4.78 is 0. The summed E-state index contributed by atoms with van der Waals surface area (Å²) in [4.78, 5) is 18.8. The largest absolute Gasteiger partial charge is 0.309 e. The van der Waals surface area contributed by atoms with Gasteiger partial charge in [-0.3, -0.25) is 4.79 Å². The summed E-state index contributed by atoms with van der Waals surface area (Å²) in [6.07, 6.45) is 0. The van der Waals surface area contributed by atoms with Gasteiger partial charge in [-0.05, 0) is 26.0 Å². The fourth-order valence-electron chi connectivity index (χ4n) is 1.85. The first-order chi connectivity index (χ1) is 9.04. The van der Waals surface area contributed by atoms with Crippen molar-refractivity contribution < 1.29 is 4.79 Å². The Morgan fingerprint density at radius 3 is 2.63 bits per heavy atom. The fraction of sp³-hybridized carbons (Fsp3) is 0.214. The van der Waals surface area contributed by atoms with Crippen LogP contribution >= 0.6 is 11.3 Å². The van der Waals surface area contributed by atoms with Crippen LogP contribution in [0.4, 0.5) is 5.69 Å². The number of amides is 1. The number of benzene rings is 1. The highest BCUT2D eigenvalue weighted by Gasteiger charge is 2.20. The minimum absolute atomic E-state index is 0.134. The predicted molar refractivity (Wildman–Crippen MR) is 75.5 cm³/mol. The van der Waals surface area contributed by atoms with Gasteiger partial charge in [0.05, 0.1) is 22.0 Å². The summed E-state index contributed by atoms with van der Waals surface area (Å²) in [6, 6.07) is 9.15. The number of hydrogen-bond acceptors (Lipinski definition) is 4. The fourth-order valence-corrected chi connectivity index (χ4v) is 2.75. The monoisotopic (exact) mass is 271 g/mol. The Morgan fingerprint density at radius 2 is 2.05 bits per heavy atom. The minimum atomic E-state index is -0.134. The molecule has 96 valence electrons. The van der Waals surface area contributed by atoms with E-state index in [2.05, 4.69) is 11.1 Å². The van der Waals surface area contributed by atoms with Gasteiger partial charge in [0.1, 0.15) is 10.9 Å². The summed E-state index contributed by atoms with van der Waals surface area (Å²) in [7, 11) is 1.67. The number of nitrogens with zero attached hydrogens (tertiary/aromatic N) is 3. The quantitative estimate of drug-likeness (QED) is 0.843. The molecule has 19 heavy (non-hydrogen) atoms.